The Labute approximate surface area is 100 Å². The van der Waals surface area contributed by atoms with E-state index >= 15 is 0 Å². The van der Waals surface area contributed by atoms with Crippen molar-refractivity contribution in [1.29, 1.82) is 0 Å². The number of nitrogens with zero attached hydrogens (tertiary/aromatic N) is 2. The summed E-state index contributed by atoms with van der Waals surface area (Å²) in [5.41, 5.74) is 0.923. The minimum atomic E-state index is 0.537. The van der Waals surface area contributed by atoms with Crippen LogP contribution >= 0.6 is 23.4 Å². The van der Waals surface area contributed by atoms with E-state index < -0.39 is 0 Å². The van der Waals surface area contributed by atoms with Gasteiger partial charge in [-0.25, -0.2) is 9.97 Å². The topological polar surface area (TPSA) is 37.8 Å². The summed E-state index contributed by atoms with van der Waals surface area (Å²) in [5, 5.41) is 3.82. The zero-order valence-electron chi connectivity index (χ0n) is 9.30. The van der Waals surface area contributed by atoms with Crippen LogP contribution in [0, 0.1) is 13.8 Å². The van der Waals surface area contributed by atoms with Crippen molar-refractivity contribution in [2.45, 2.75) is 20.3 Å². The van der Waals surface area contributed by atoms with Crippen molar-refractivity contribution in [2.24, 2.45) is 0 Å². The van der Waals surface area contributed by atoms with Crippen LogP contribution in [0.25, 0.3) is 0 Å². The maximum absolute atomic E-state index is 5.96. The zero-order valence-corrected chi connectivity index (χ0v) is 10.9. The number of hydrogen-bond donors (Lipinski definition) is 1. The van der Waals surface area contributed by atoms with Crippen LogP contribution in [-0.4, -0.2) is 28.5 Å². The van der Waals surface area contributed by atoms with Crippen molar-refractivity contribution >= 4 is 29.2 Å². The molecule has 0 amide bonds. The van der Waals surface area contributed by atoms with E-state index in [1.165, 1.54) is 0 Å². The molecule has 0 radical (unpaired) electrons. The second kappa shape index (κ2) is 6.18. The summed E-state index contributed by atoms with van der Waals surface area (Å²) in [6.45, 7) is 4.70. The minimum Gasteiger partial charge on any atom is -0.370 e. The fourth-order valence-electron chi connectivity index (χ4n) is 1.19. The maximum Gasteiger partial charge on any atom is 0.137 e. The molecule has 84 valence electrons. The summed E-state index contributed by atoms with van der Waals surface area (Å²) in [5.74, 6) is 2.72. The highest BCUT2D eigenvalue weighted by molar-refractivity contribution is 7.98. The molecule has 0 aliphatic carbocycles. The van der Waals surface area contributed by atoms with Crippen molar-refractivity contribution in [3.8, 4) is 0 Å². The van der Waals surface area contributed by atoms with Gasteiger partial charge in [0.15, 0.2) is 0 Å². The Morgan fingerprint density at radius 1 is 1.33 bits per heavy atom. The van der Waals surface area contributed by atoms with E-state index in [1.54, 1.807) is 0 Å². The first-order valence-corrected chi connectivity index (χ1v) is 6.66. The standard InChI is InChI=1S/C10H16ClN3S/c1-7-9(11)13-8(2)14-10(7)12-5-4-6-15-3/h4-6H2,1-3H3,(H,12,13,14). The number of rotatable bonds is 5. The van der Waals surface area contributed by atoms with Crippen molar-refractivity contribution in [1.82, 2.24) is 9.97 Å². The number of anilines is 1. The van der Waals surface area contributed by atoms with Crippen LogP contribution in [0.15, 0.2) is 0 Å². The van der Waals surface area contributed by atoms with Gasteiger partial charge in [0.2, 0.25) is 0 Å². The number of nitrogens with one attached hydrogen (secondary N) is 1. The highest BCUT2D eigenvalue weighted by Gasteiger charge is 2.05. The molecule has 1 heterocycles. The number of aromatic nitrogens is 2. The molecule has 3 nitrogen and oxygen atoms in total. The average Bonchev–Trinajstić information content (AvgIpc) is 2.19. The highest BCUT2D eigenvalue weighted by atomic mass is 35.5. The smallest absolute Gasteiger partial charge is 0.137 e. The lowest BCUT2D eigenvalue weighted by Gasteiger charge is -2.09. The molecule has 0 saturated carbocycles. The molecule has 0 aromatic carbocycles. The van der Waals surface area contributed by atoms with Gasteiger partial charge < -0.3 is 5.32 Å². The third kappa shape index (κ3) is 3.87. The first-order valence-electron chi connectivity index (χ1n) is 4.88. The van der Waals surface area contributed by atoms with Gasteiger partial charge in [-0.3, -0.25) is 0 Å². The van der Waals surface area contributed by atoms with Gasteiger partial charge in [0.25, 0.3) is 0 Å². The van der Waals surface area contributed by atoms with E-state index in [0.29, 0.717) is 11.0 Å². The van der Waals surface area contributed by atoms with Gasteiger partial charge in [0.05, 0.1) is 0 Å². The molecule has 0 saturated heterocycles. The van der Waals surface area contributed by atoms with Gasteiger partial charge in [-0.1, -0.05) is 11.6 Å². The third-order valence-corrected chi connectivity index (χ3v) is 3.08. The van der Waals surface area contributed by atoms with Gasteiger partial charge in [0.1, 0.15) is 16.8 Å². The summed E-state index contributed by atoms with van der Waals surface area (Å²) in [6, 6.07) is 0. The van der Waals surface area contributed by atoms with Crippen LogP contribution in [0.1, 0.15) is 17.8 Å². The van der Waals surface area contributed by atoms with Crippen LogP contribution in [-0.2, 0) is 0 Å². The van der Waals surface area contributed by atoms with Crippen molar-refractivity contribution in [3.63, 3.8) is 0 Å². The lowest BCUT2D eigenvalue weighted by atomic mass is 10.3. The van der Waals surface area contributed by atoms with E-state index in [1.807, 2.05) is 25.6 Å². The van der Waals surface area contributed by atoms with Crippen LogP contribution in [0.2, 0.25) is 5.15 Å². The van der Waals surface area contributed by atoms with Crippen LogP contribution in [0.5, 0.6) is 0 Å². The van der Waals surface area contributed by atoms with Crippen molar-refractivity contribution < 1.29 is 0 Å². The lowest BCUT2D eigenvalue weighted by Crippen LogP contribution is -2.07. The summed E-state index contributed by atoms with van der Waals surface area (Å²) in [4.78, 5) is 8.41. The molecule has 15 heavy (non-hydrogen) atoms. The molecule has 0 spiro atoms. The van der Waals surface area contributed by atoms with E-state index in [9.17, 15) is 0 Å². The second-order valence-corrected chi connectivity index (χ2v) is 4.65. The van der Waals surface area contributed by atoms with Crippen LogP contribution in [0.4, 0.5) is 5.82 Å². The van der Waals surface area contributed by atoms with E-state index in [2.05, 4.69) is 21.5 Å². The normalized spacial score (nSPS) is 10.4. The number of hydrogen-bond acceptors (Lipinski definition) is 4. The second-order valence-electron chi connectivity index (χ2n) is 3.31. The first-order chi connectivity index (χ1) is 7.15. The van der Waals surface area contributed by atoms with E-state index in [0.717, 1.165) is 30.1 Å². The molecule has 0 fully saturated rings. The first kappa shape index (κ1) is 12.6. The Balaban J connectivity index is 2.60. The van der Waals surface area contributed by atoms with Gasteiger partial charge in [0, 0.05) is 12.1 Å². The van der Waals surface area contributed by atoms with Gasteiger partial charge in [-0.2, -0.15) is 11.8 Å². The largest absolute Gasteiger partial charge is 0.370 e. The van der Waals surface area contributed by atoms with Crippen LogP contribution in [0.3, 0.4) is 0 Å². The zero-order chi connectivity index (χ0) is 11.3. The summed E-state index contributed by atoms with van der Waals surface area (Å²) < 4.78 is 0. The molecule has 1 aromatic rings. The van der Waals surface area contributed by atoms with Gasteiger partial charge in [-0.15, -0.1) is 0 Å². The minimum absolute atomic E-state index is 0.537. The molecule has 1 aromatic heterocycles. The summed E-state index contributed by atoms with van der Waals surface area (Å²) in [6.07, 6.45) is 3.23. The number of thioether (sulfide) groups is 1. The summed E-state index contributed by atoms with van der Waals surface area (Å²) in [7, 11) is 0. The molecule has 0 unspecified atom stereocenters. The Hall–Kier alpha value is -0.480. The van der Waals surface area contributed by atoms with Crippen LogP contribution < -0.4 is 5.32 Å². The monoisotopic (exact) mass is 245 g/mol. The Bertz CT molecular complexity index is 331. The fourth-order valence-corrected chi connectivity index (χ4v) is 1.83. The number of halogens is 1. The van der Waals surface area contributed by atoms with Crippen molar-refractivity contribution in [2.75, 3.05) is 23.9 Å². The fraction of sp³-hybridized carbons (Fsp3) is 0.600. The quantitative estimate of drug-likeness (QED) is 0.640. The Morgan fingerprint density at radius 2 is 2.07 bits per heavy atom. The van der Waals surface area contributed by atoms with E-state index in [4.69, 9.17) is 11.6 Å². The molecule has 5 heteroatoms. The predicted octanol–water partition coefficient (Wildman–Crippen LogP) is 2.91. The SMILES string of the molecule is CSCCCNc1nc(C)nc(Cl)c1C. The van der Waals surface area contributed by atoms with Gasteiger partial charge in [-0.05, 0) is 32.3 Å². The molecule has 0 aliphatic rings. The molecule has 0 aliphatic heterocycles. The lowest BCUT2D eigenvalue weighted by molar-refractivity contribution is 0.955. The Kier molecular flexibility index (Phi) is 5.19. The summed E-state index contributed by atoms with van der Waals surface area (Å²) >= 11 is 7.81. The number of aryl methyl sites for hydroxylation is 1. The molecule has 0 bridgehead atoms. The molecular weight excluding hydrogens is 230 g/mol. The Morgan fingerprint density at radius 3 is 2.73 bits per heavy atom. The molecule has 1 rings (SSSR count). The molecule has 0 atom stereocenters. The maximum atomic E-state index is 5.96. The predicted molar refractivity (Wildman–Crippen MR) is 68.0 cm³/mol. The molecular formula is C10H16ClN3S. The average molecular weight is 246 g/mol. The highest BCUT2D eigenvalue weighted by Crippen LogP contribution is 2.19. The van der Waals surface area contributed by atoms with Crippen molar-refractivity contribution in [3.05, 3.63) is 16.5 Å². The molecule has 1 N–H and O–H groups in total. The van der Waals surface area contributed by atoms with Gasteiger partial charge >= 0.3 is 0 Å². The van der Waals surface area contributed by atoms with E-state index in [-0.39, 0.29) is 0 Å². The third-order valence-electron chi connectivity index (χ3n) is 2.02.